The van der Waals surface area contributed by atoms with Gasteiger partial charge in [0.15, 0.2) is 6.10 Å². The van der Waals surface area contributed by atoms with E-state index in [0.29, 0.717) is 25.4 Å². The highest BCUT2D eigenvalue weighted by molar-refractivity contribution is 5.82. The first-order chi connectivity index (χ1) is 11.7. The van der Waals surface area contributed by atoms with Crippen molar-refractivity contribution >= 4 is 11.8 Å². The van der Waals surface area contributed by atoms with E-state index < -0.39 is 6.10 Å². The monoisotopic (exact) mass is 332 g/mol. The average molecular weight is 332 g/mol. The lowest BCUT2D eigenvalue weighted by atomic mass is 9.96. The molecule has 1 aromatic rings. The van der Waals surface area contributed by atoms with E-state index in [4.69, 9.17) is 4.74 Å². The number of likely N-dealkylation sites (tertiary alicyclic amines) is 1. The molecule has 24 heavy (non-hydrogen) atoms. The number of carbonyl (C=O) groups is 2. The number of hydrogen-bond donors (Lipinski definition) is 1. The van der Waals surface area contributed by atoms with Gasteiger partial charge in [0.1, 0.15) is 0 Å². The number of nitrogens with one attached hydrogen (secondary N) is 1. The van der Waals surface area contributed by atoms with Crippen LogP contribution >= 0.6 is 0 Å². The van der Waals surface area contributed by atoms with Crippen molar-refractivity contribution in [3.63, 3.8) is 0 Å². The third-order valence-corrected chi connectivity index (χ3v) is 4.46. The van der Waals surface area contributed by atoms with Gasteiger partial charge in [-0.25, -0.2) is 0 Å². The molecule has 5 nitrogen and oxygen atoms in total. The third kappa shape index (κ3) is 5.06. The smallest absolute Gasteiger partial charge is 0.256 e. The largest absolute Gasteiger partial charge is 0.367 e. The Morgan fingerprint density at radius 3 is 2.75 bits per heavy atom. The van der Waals surface area contributed by atoms with Gasteiger partial charge in [0.2, 0.25) is 5.91 Å². The van der Waals surface area contributed by atoms with Crippen LogP contribution in [0, 0.1) is 5.92 Å². The average Bonchev–Trinajstić information content (AvgIpc) is 2.62. The first-order valence-electron chi connectivity index (χ1n) is 8.79. The zero-order valence-electron chi connectivity index (χ0n) is 14.7. The van der Waals surface area contributed by atoms with Crippen LogP contribution in [-0.2, 0) is 14.3 Å². The zero-order chi connectivity index (χ0) is 17.4. The minimum absolute atomic E-state index is 0.00767. The standard InChI is InChI=1S/C19H28N2O3/c1-3-8-17(22)20-13-15-9-7-12-21(14-15)19(23)18(24-2)16-10-5-4-6-11-16/h4-6,10-11,15,18H,3,7-9,12-14H2,1-2H3,(H,20,22)/t15-,18-/m1/s1. The molecule has 5 heteroatoms. The Morgan fingerprint density at radius 2 is 2.08 bits per heavy atom. The molecule has 0 radical (unpaired) electrons. The van der Waals surface area contributed by atoms with Crippen molar-refractivity contribution in [1.29, 1.82) is 0 Å². The summed E-state index contributed by atoms with van der Waals surface area (Å²) in [5, 5.41) is 2.98. The lowest BCUT2D eigenvalue weighted by Crippen LogP contribution is -2.45. The first kappa shape index (κ1) is 18.5. The molecular formula is C19H28N2O3. The molecule has 0 saturated carbocycles. The molecule has 1 fully saturated rings. The quantitative estimate of drug-likeness (QED) is 0.835. The minimum Gasteiger partial charge on any atom is -0.367 e. The van der Waals surface area contributed by atoms with Crippen LogP contribution in [0.5, 0.6) is 0 Å². The van der Waals surface area contributed by atoms with Crippen molar-refractivity contribution in [2.24, 2.45) is 5.92 Å². The zero-order valence-corrected chi connectivity index (χ0v) is 14.7. The van der Waals surface area contributed by atoms with Crippen molar-refractivity contribution in [3.8, 4) is 0 Å². The summed E-state index contributed by atoms with van der Waals surface area (Å²) >= 11 is 0. The minimum atomic E-state index is -0.556. The molecule has 2 rings (SSSR count). The van der Waals surface area contributed by atoms with Crippen LogP contribution in [0.1, 0.15) is 44.3 Å². The second-order valence-electron chi connectivity index (χ2n) is 6.37. The molecule has 0 unspecified atom stereocenters. The van der Waals surface area contributed by atoms with Crippen LogP contribution in [0.2, 0.25) is 0 Å². The summed E-state index contributed by atoms with van der Waals surface area (Å²) in [6.07, 6.45) is 2.87. The Labute approximate surface area is 144 Å². The molecule has 0 aromatic heterocycles. The third-order valence-electron chi connectivity index (χ3n) is 4.46. The second kappa shape index (κ2) is 9.42. The molecule has 1 N–H and O–H groups in total. The molecule has 1 aliphatic rings. The normalized spacial score (nSPS) is 18.9. The Bertz CT molecular complexity index is 533. The highest BCUT2D eigenvalue weighted by Crippen LogP contribution is 2.23. The molecule has 1 aliphatic heterocycles. The molecule has 0 aliphatic carbocycles. The highest BCUT2D eigenvalue weighted by Gasteiger charge is 2.29. The molecule has 132 valence electrons. The van der Waals surface area contributed by atoms with E-state index in [0.717, 1.165) is 31.4 Å². The Morgan fingerprint density at radius 1 is 1.33 bits per heavy atom. The topological polar surface area (TPSA) is 58.6 Å². The fraction of sp³-hybridized carbons (Fsp3) is 0.579. The number of carbonyl (C=O) groups excluding carboxylic acids is 2. The van der Waals surface area contributed by atoms with Gasteiger partial charge < -0.3 is 15.0 Å². The summed E-state index contributed by atoms with van der Waals surface area (Å²) in [6, 6.07) is 9.58. The van der Waals surface area contributed by atoms with Crippen LogP contribution in [0.3, 0.4) is 0 Å². The van der Waals surface area contributed by atoms with Gasteiger partial charge >= 0.3 is 0 Å². The van der Waals surface area contributed by atoms with Gasteiger partial charge in [-0.2, -0.15) is 0 Å². The van der Waals surface area contributed by atoms with E-state index in [9.17, 15) is 9.59 Å². The SMILES string of the molecule is CCCC(=O)NC[C@H]1CCCN(C(=O)[C@H](OC)c2ccccc2)C1. The van der Waals surface area contributed by atoms with Crippen molar-refractivity contribution in [2.45, 2.75) is 38.7 Å². The summed E-state index contributed by atoms with van der Waals surface area (Å²) in [6.45, 7) is 4.07. The molecule has 0 bridgehead atoms. The second-order valence-corrected chi connectivity index (χ2v) is 6.37. The number of piperidine rings is 1. The molecule has 1 aromatic carbocycles. The highest BCUT2D eigenvalue weighted by atomic mass is 16.5. The number of nitrogens with zero attached hydrogens (tertiary/aromatic N) is 1. The molecule has 0 spiro atoms. The van der Waals surface area contributed by atoms with E-state index in [2.05, 4.69) is 5.32 Å². The Balaban J connectivity index is 1.93. The molecular weight excluding hydrogens is 304 g/mol. The Kier molecular flexibility index (Phi) is 7.25. The Hall–Kier alpha value is -1.88. The first-order valence-corrected chi connectivity index (χ1v) is 8.79. The number of amides is 2. The summed E-state index contributed by atoms with van der Waals surface area (Å²) in [4.78, 5) is 26.3. The van der Waals surface area contributed by atoms with Crippen LogP contribution in [0.4, 0.5) is 0 Å². The van der Waals surface area contributed by atoms with Crippen molar-refractivity contribution < 1.29 is 14.3 Å². The maximum atomic E-state index is 12.8. The fourth-order valence-electron chi connectivity index (χ4n) is 3.18. The van der Waals surface area contributed by atoms with Crippen LogP contribution in [0.25, 0.3) is 0 Å². The molecule has 1 heterocycles. The van der Waals surface area contributed by atoms with Gasteiger partial charge in [0.05, 0.1) is 0 Å². The summed E-state index contributed by atoms with van der Waals surface area (Å²) in [5.41, 5.74) is 0.878. The van der Waals surface area contributed by atoms with Gasteiger partial charge in [-0.1, -0.05) is 37.3 Å². The van der Waals surface area contributed by atoms with Crippen molar-refractivity contribution in [2.75, 3.05) is 26.7 Å². The van der Waals surface area contributed by atoms with Gasteiger partial charge in [0, 0.05) is 33.2 Å². The van der Waals surface area contributed by atoms with Crippen molar-refractivity contribution in [1.82, 2.24) is 10.2 Å². The maximum absolute atomic E-state index is 12.8. The van der Waals surface area contributed by atoms with Crippen LogP contribution in [0.15, 0.2) is 30.3 Å². The van der Waals surface area contributed by atoms with Crippen LogP contribution < -0.4 is 5.32 Å². The number of benzene rings is 1. The van der Waals surface area contributed by atoms with E-state index >= 15 is 0 Å². The lowest BCUT2D eigenvalue weighted by molar-refractivity contribution is -0.144. The van der Waals surface area contributed by atoms with E-state index in [1.54, 1.807) is 7.11 Å². The fourth-order valence-corrected chi connectivity index (χ4v) is 3.18. The molecule has 1 saturated heterocycles. The van der Waals surface area contributed by atoms with Gasteiger partial charge in [0.25, 0.3) is 5.91 Å². The predicted molar refractivity (Wildman–Crippen MR) is 93.4 cm³/mol. The van der Waals surface area contributed by atoms with E-state index in [1.165, 1.54) is 0 Å². The number of ether oxygens (including phenoxy) is 1. The maximum Gasteiger partial charge on any atom is 0.256 e. The molecule has 2 atom stereocenters. The van der Waals surface area contributed by atoms with Gasteiger partial charge in [-0.05, 0) is 30.7 Å². The van der Waals surface area contributed by atoms with E-state index in [-0.39, 0.29) is 11.8 Å². The predicted octanol–water partition coefficient (Wildman–Crippen LogP) is 2.53. The lowest BCUT2D eigenvalue weighted by Gasteiger charge is -2.34. The van der Waals surface area contributed by atoms with Gasteiger partial charge in [-0.3, -0.25) is 9.59 Å². The van der Waals surface area contributed by atoms with E-state index in [1.807, 2.05) is 42.2 Å². The number of rotatable bonds is 7. The number of methoxy groups -OCH3 is 1. The van der Waals surface area contributed by atoms with Gasteiger partial charge in [-0.15, -0.1) is 0 Å². The summed E-state index contributed by atoms with van der Waals surface area (Å²) in [5.74, 6) is 0.421. The number of hydrogen-bond acceptors (Lipinski definition) is 3. The summed E-state index contributed by atoms with van der Waals surface area (Å²) < 4.78 is 5.46. The summed E-state index contributed by atoms with van der Waals surface area (Å²) in [7, 11) is 1.57. The van der Waals surface area contributed by atoms with Crippen molar-refractivity contribution in [3.05, 3.63) is 35.9 Å². The van der Waals surface area contributed by atoms with Crippen LogP contribution in [-0.4, -0.2) is 43.5 Å². The molecule has 2 amide bonds.